The van der Waals surface area contributed by atoms with Crippen LogP contribution in [0.2, 0.25) is 0 Å². The highest BCUT2D eigenvalue weighted by molar-refractivity contribution is 7.12. The molecule has 32 heavy (non-hydrogen) atoms. The molecule has 10 heteroatoms. The van der Waals surface area contributed by atoms with E-state index in [1.807, 2.05) is 0 Å². The number of alkyl halides is 3. The fraction of sp³-hybridized carbons (Fsp3) is 0.0455. The van der Waals surface area contributed by atoms with E-state index in [1.165, 1.54) is 29.5 Å². The Hall–Kier alpha value is -3.92. The summed E-state index contributed by atoms with van der Waals surface area (Å²) in [6, 6.07) is 13.5. The van der Waals surface area contributed by atoms with Crippen LogP contribution in [0.5, 0.6) is 5.75 Å². The molecular formula is C22H13F3N2O4S. The first-order valence-electron chi connectivity index (χ1n) is 9.12. The quantitative estimate of drug-likeness (QED) is 0.271. The van der Waals surface area contributed by atoms with E-state index < -0.39 is 29.5 Å². The van der Waals surface area contributed by atoms with Gasteiger partial charge in [0, 0.05) is 0 Å². The van der Waals surface area contributed by atoms with Crippen molar-refractivity contribution in [3.05, 3.63) is 87.6 Å². The number of hydrogen-bond acceptors (Lipinski definition) is 5. The summed E-state index contributed by atoms with van der Waals surface area (Å²) in [6.45, 7) is 0. The second kappa shape index (κ2) is 8.31. The average Bonchev–Trinajstić information content (AvgIpc) is 3.38. The predicted molar refractivity (Wildman–Crippen MR) is 111 cm³/mol. The van der Waals surface area contributed by atoms with Crippen LogP contribution in [0.25, 0.3) is 6.08 Å². The van der Waals surface area contributed by atoms with E-state index in [4.69, 9.17) is 4.74 Å². The normalized spacial score (nSPS) is 15.2. The number of anilines is 1. The lowest BCUT2D eigenvalue weighted by atomic mass is 10.1. The molecule has 162 valence electrons. The molecule has 1 aromatic heterocycles. The minimum absolute atomic E-state index is 0.125. The standard InChI is InChI=1S/C22H13F3N2O4S/c23-22(24,25)14-5-2-6-15(12-14)27-20(29)17(19(28)26-27)11-13-4-1-7-16(10-13)31-21(30)18-8-3-9-32-18/h1-12H,(H,26,28). The number of benzene rings is 2. The van der Waals surface area contributed by atoms with Crippen molar-refractivity contribution in [3.8, 4) is 5.75 Å². The number of carbonyl (C=O) groups excluding carboxylic acids is 3. The van der Waals surface area contributed by atoms with Crippen LogP contribution < -0.4 is 15.2 Å². The maximum atomic E-state index is 13.0. The van der Waals surface area contributed by atoms with Gasteiger partial charge in [0.1, 0.15) is 16.2 Å². The molecule has 1 aliphatic rings. The molecular weight excluding hydrogens is 445 g/mol. The SMILES string of the molecule is O=C1NN(c2cccc(C(F)(F)F)c2)C(=O)C1=Cc1cccc(OC(=O)c2cccs2)c1. The zero-order chi connectivity index (χ0) is 22.9. The maximum absolute atomic E-state index is 13.0. The summed E-state index contributed by atoms with van der Waals surface area (Å²) in [5.74, 6) is -1.92. The van der Waals surface area contributed by atoms with Crippen molar-refractivity contribution in [1.82, 2.24) is 5.43 Å². The molecule has 1 fully saturated rings. The van der Waals surface area contributed by atoms with Crippen LogP contribution in [0.15, 0.2) is 71.6 Å². The Morgan fingerprint density at radius 2 is 1.81 bits per heavy atom. The fourth-order valence-corrected chi connectivity index (χ4v) is 3.55. The molecule has 1 aliphatic heterocycles. The second-order valence-electron chi connectivity index (χ2n) is 6.63. The Bertz CT molecular complexity index is 1240. The number of rotatable bonds is 4. The summed E-state index contributed by atoms with van der Waals surface area (Å²) >= 11 is 1.22. The van der Waals surface area contributed by atoms with Gasteiger partial charge in [-0.2, -0.15) is 13.2 Å². The van der Waals surface area contributed by atoms with E-state index in [9.17, 15) is 27.6 Å². The van der Waals surface area contributed by atoms with Gasteiger partial charge in [0.15, 0.2) is 0 Å². The van der Waals surface area contributed by atoms with Crippen LogP contribution in [0.4, 0.5) is 18.9 Å². The average molecular weight is 458 g/mol. The van der Waals surface area contributed by atoms with Crippen LogP contribution in [0.1, 0.15) is 20.8 Å². The number of carbonyl (C=O) groups is 3. The molecule has 0 unspecified atom stereocenters. The predicted octanol–water partition coefficient (Wildman–Crippen LogP) is 4.45. The highest BCUT2D eigenvalue weighted by Gasteiger charge is 2.36. The molecule has 2 amide bonds. The Labute approximate surface area is 183 Å². The zero-order valence-electron chi connectivity index (χ0n) is 16.1. The van der Waals surface area contributed by atoms with Gasteiger partial charge in [0.05, 0.1) is 11.3 Å². The van der Waals surface area contributed by atoms with Crippen molar-refractivity contribution in [3.63, 3.8) is 0 Å². The van der Waals surface area contributed by atoms with Gasteiger partial charge < -0.3 is 4.74 Å². The topological polar surface area (TPSA) is 75.7 Å². The van der Waals surface area contributed by atoms with Gasteiger partial charge in [-0.3, -0.25) is 15.0 Å². The second-order valence-corrected chi connectivity index (χ2v) is 7.57. The van der Waals surface area contributed by atoms with Crippen molar-refractivity contribution in [2.24, 2.45) is 0 Å². The number of nitrogens with one attached hydrogen (secondary N) is 1. The Morgan fingerprint density at radius 1 is 1.03 bits per heavy atom. The number of hydrazine groups is 1. The molecule has 0 bridgehead atoms. The first-order valence-corrected chi connectivity index (χ1v) is 10.0. The minimum atomic E-state index is -4.59. The first-order chi connectivity index (χ1) is 15.2. The molecule has 0 radical (unpaired) electrons. The number of hydrogen-bond donors (Lipinski definition) is 1. The molecule has 0 saturated carbocycles. The third kappa shape index (κ3) is 4.40. The van der Waals surface area contributed by atoms with Gasteiger partial charge >= 0.3 is 12.1 Å². The van der Waals surface area contributed by atoms with Crippen molar-refractivity contribution in [1.29, 1.82) is 0 Å². The summed E-state index contributed by atoms with van der Waals surface area (Å²) in [4.78, 5) is 37.5. The van der Waals surface area contributed by atoms with E-state index in [0.717, 1.165) is 23.2 Å². The number of thiophene rings is 1. The molecule has 1 N–H and O–H groups in total. The zero-order valence-corrected chi connectivity index (χ0v) is 16.9. The summed E-state index contributed by atoms with van der Waals surface area (Å²) in [7, 11) is 0. The number of nitrogens with zero attached hydrogens (tertiary/aromatic N) is 1. The van der Waals surface area contributed by atoms with Crippen molar-refractivity contribution >= 4 is 40.9 Å². The molecule has 2 aromatic carbocycles. The Morgan fingerprint density at radius 3 is 2.53 bits per heavy atom. The molecule has 0 spiro atoms. The van der Waals surface area contributed by atoms with Crippen LogP contribution >= 0.6 is 11.3 Å². The summed E-state index contributed by atoms with van der Waals surface area (Å²) < 4.78 is 44.2. The lowest BCUT2D eigenvalue weighted by Crippen LogP contribution is -2.35. The molecule has 4 rings (SSSR count). The lowest BCUT2D eigenvalue weighted by molar-refractivity contribution is -0.137. The van der Waals surface area contributed by atoms with E-state index in [0.29, 0.717) is 10.4 Å². The largest absolute Gasteiger partial charge is 0.422 e. The Kier molecular flexibility index (Phi) is 5.54. The smallest absolute Gasteiger partial charge is 0.416 e. The van der Waals surface area contributed by atoms with Gasteiger partial charge in [-0.05, 0) is 53.4 Å². The third-order valence-electron chi connectivity index (χ3n) is 4.43. The van der Waals surface area contributed by atoms with E-state index in [2.05, 4.69) is 5.43 Å². The third-order valence-corrected chi connectivity index (χ3v) is 5.28. The lowest BCUT2D eigenvalue weighted by Gasteiger charge is -2.16. The molecule has 1 saturated heterocycles. The minimum Gasteiger partial charge on any atom is -0.422 e. The van der Waals surface area contributed by atoms with Crippen molar-refractivity contribution in [2.75, 3.05) is 5.01 Å². The first kappa shape index (κ1) is 21.3. The van der Waals surface area contributed by atoms with Gasteiger partial charge in [-0.25, -0.2) is 9.80 Å². The molecule has 2 heterocycles. The number of halogens is 3. The summed E-state index contributed by atoms with van der Waals surface area (Å²) in [5, 5.41) is 2.49. The molecule has 0 atom stereocenters. The highest BCUT2D eigenvalue weighted by atomic mass is 32.1. The van der Waals surface area contributed by atoms with Gasteiger partial charge in [-0.1, -0.05) is 24.3 Å². The van der Waals surface area contributed by atoms with Crippen LogP contribution in [0, 0.1) is 0 Å². The number of esters is 1. The van der Waals surface area contributed by atoms with Crippen molar-refractivity contribution < 1.29 is 32.3 Å². The number of ether oxygens (including phenoxy) is 1. The summed E-state index contributed by atoms with van der Waals surface area (Å²) in [5.41, 5.74) is 1.31. The summed E-state index contributed by atoms with van der Waals surface area (Å²) in [6.07, 6.45) is -3.32. The molecule has 3 aromatic rings. The van der Waals surface area contributed by atoms with Gasteiger partial charge in [-0.15, -0.1) is 11.3 Å². The van der Waals surface area contributed by atoms with Crippen LogP contribution in [-0.2, 0) is 15.8 Å². The maximum Gasteiger partial charge on any atom is 0.416 e. The fourth-order valence-electron chi connectivity index (χ4n) is 2.95. The monoisotopic (exact) mass is 458 g/mol. The Balaban J connectivity index is 1.57. The van der Waals surface area contributed by atoms with Crippen molar-refractivity contribution in [2.45, 2.75) is 6.18 Å². The highest BCUT2D eigenvalue weighted by Crippen LogP contribution is 2.32. The van der Waals surface area contributed by atoms with E-state index in [-0.39, 0.29) is 17.0 Å². The van der Waals surface area contributed by atoms with Gasteiger partial charge in [0.25, 0.3) is 11.8 Å². The van der Waals surface area contributed by atoms with Crippen LogP contribution in [0.3, 0.4) is 0 Å². The van der Waals surface area contributed by atoms with E-state index in [1.54, 1.807) is 35.7 Å². The molecule has 0 aliphatic carbocycles. The molecule has 6 nitrogen and oxygen atoms in total. The van der Waals surface area contributed by atoms with Crippen LogP contribution in [-0.4, -0.2) is 17.8 Å². The number of amides is 2. The van der Waals surface area contributed by atoms with Gasteiger partial charge in [0.2, 0.25) is 0 Å². The van der Waals surface area contributed by atoms with E-state index >= 15 is 0 Å².